The van der Waals surface area contributed by atoms with E-state index in [9.17, 15) is 14.4 Å². The average Bonchev–Trinajstić information content (AvgIpc) is 3.43. The molecule has 0 N–H and O–H groups in total. The Morgan fingerprint density at radius 2 is 0.519 bits per heavy atom. The molecule has 0 aliphatic carbocycles. The number of carbonyl (C=O) groups is 3. The summed E-state index contributed by atoms with van der Waals surface area (Å²) in [5, 5.41) is 0. The van der Waals surface area contributed by atoms with Crippen LogP contribution in [-0.4, -0.2) is 37.2 Å². The molecule has 0 heterocycles. The van der Waals surface area contributed by atoms with Crippen molar-refractivity contribution in [3.05, 3.63) is 109 Å². The number of rotatable bonds is 58. The summed E-state index contributed by atoms with van der Waals surface area (Å²) in [6, 6.07) is 0. The predicted octanol–water partition coefficient (Wildman–Crippen LogP) is 22.2. The third-order valence-corrected chi connectivity index (χ3v) is 13.8. The van der Waals surface area contributed by atoms with Gasteiger partial charge in [-0.15, -0.1) is 0 Å². The van der Waals surface area contributed by atoms with Crippen LogP contribution in [0.15, 0.2) is 109 Å². The summed E-state index contributed by atoms with van der Waals surface area (Å²) < 4.78 is 16.8. The molecule has 6 heteroatoms. The van der Waals surface area contributed by atoms with E-state index in [0.717, 1.165) is 96.3 Å². The summed E-state index contributed by atoms with van der Waals surface area (Å²) in [7, 11) is 0. The van der Waals surface area contributed by atoms with E-state index in [1.807, 2.05) is 0 Å². The summed E-state index contributed by atoms with van der Waals surface area (Å²) in [6.45, 7) is 6.47. The second-order valence-corrected chi connectivity index (χ2v) is 21.3. The Labute approximate surface area is 476 Å². The van der Waals surface area contributed by atoms with E-state index in [2.05, 4.69) is 130 Å². The molecule has 0 radical (unpaired) electrons. The fourth-order valence-corrected chi connectivity index (χ4v) is 8.93. The highest BCUT2D eigenvalue weighted by Crippen LogP contribution is 2.16. The highest BCUT2D eigenvalue weighted by atomic mass is 16.6. The van der Waals surface area contributed by atoms with Crippen LogP contribution in [0.5, 0.6) is 0 Å². The minimum Gasteiger partial charge on any atom is -0.462 e. The van der Waals surface area contributed by atoms with Gasteiger partial charge in [0.2, 0.25) is 0 Å². The molecule has 0 aromatic carbocycles. The minimum absolute atomic E-state index is 0.0998. The van der Waals surface area contributed by atoms with E-state index < -0.39 is 6.10 Å². The van der Waals surface area contributed by atoms with Gasteiger partial charge in [-0.25, -0.2) is 0 Å². The highest BCUT2D eigenvalue weighted by Gasteiger charge is 2.19. The van der Waals surface area contributed by atoms with Crippen molar-refractivity contribution in [2.75, 3.05) is 13.2 Å². The van der Waals surface area contributed by atoms with Gasteiger partial charge in [0.1, 0.15) is 13.2 Å². The topological polar surface area (TPSA) is 78.9 Å². The van der Waals surface area contributed by atoms with E-state index >= 15 is 0 Å². The molecule has 0 aromatic heterocycles. The maximum Gasteiger partial charge on any atom is 0.306 e. The Morgan fingerprint density at radius 1 is 0.273 bits per heavy atom. The second-order valence-electron chi connectivity index (χ2n) is 21.3. The SMILES string of the molecule is CC/C=C\C/C=C\C/C=C\C/C=C\C/C=C\C/C=C\C/C=C\CCCC(=O)OC(COC(=O)CCCCCCCCCCC)COC(=O)CCCCCCCCCCCCCCCCC/C=C\C/C=C\CCCCCCC. The Bertz CT molecular complexity index is 1560. The van der Waals surface area contributed by atoms with Gasteiger partial charge in [-0.1, -0.05) is 291 Å². The molecule has 0 fully saturated rings. The van der Waals surface area contributed by atoms with Crippen LogP contribution in [0.2, 0.25) is 0 Å². The van der Waals surface area contributed by atoms with E-state index in [1.165, 1.54) is 161 Å². The summed E-state index contributed by atoms with van der Waals surface area (Å²) >= 11 is 0. The molecule has 0 rings (SSSR count). The van der Waals surface area contributed by atoms with Crippen LogP contribution in [0.4, 0.5) is 0 Å². The van der Waals surface area contributed by atoms with Crippen molar-refractivity contribution >= 4 is 17.9 Å². The molecular weight excluding hydrogens is 949 g/mol. The number of allylic oxidation sites excluding steroid dienone is 18. The zero-order valence-corrected chi connectivity index (χ0v) is 50.4. The predicted molar refractivity (Wildman–Crippen MR) is 334 cm³/mol. The fraction of sp³-hybridized carbons (Fsp3) is 0.704. The van der Waals surface area contributed by atoms with Gasteiger partial charge in [0.15, 0.2) is 6.10 Å². The summed E-state index contributed by atoms with van der Waals surface area (Å²) in [5.74, 6) is -0.956. The van der Waals surface area contributed by atoms with Gasteiger partial charge in [-0.3, -0.25) is 14.4 Å². The van der Waals surface area contributed by atoms with E-state index in [1.54, 1.807) is 0 Å². The van der Waals surface area contributed by atoms with Gasteiger partial charge in [0.05, 0.1) is 0 Å². The maximum atomic E-state index is 12.9. The third-order valence-electron chi connectivity index (χ3n) is 13.8. The molecule has 0 saturated carbocycles. The van der Waals surface area contributed by atoms with Gasteiger partial charge >= 0.3 is 17.9 Å². The van der Waals surface area contributed by atoms with Crippen LogP contribution in [-0.2, 0) is 28.6 Å². The van der Waals surface area contributed by atoms with E-state index in [4.69, 9.17) is 14.2 Å². The Hall–Kier alpha value is -3.93. The number of esters is 3. The van der Waals surface area contributed by atoms with Gasteiger partial charge in [-0.05, 0) is 103 Å². The normalized spacial score (nSPS) is 12.8. The fourth-order valence-electron chi connectivity index (χ4n) is 8.93. The Morgan fingerprint density at radius 3 is 0.831 bits per heavy atom. The quantitative estimate of drug-likeness (QED) is 0.0261. The zero-order valence-electron chi connectivity index (χ0n) is 50.4. The first kappa shape index (κ1) is 73.1. The van der Waals surface area contributed by atoms with E-state index in [0.29, 0.717) is 19.3 Å². The van der Waals surface area contributed by atoms with E-state index in [-0.39, 0.29) is 37.5 Å². The lowest BCUT2D eigenvalue weighted by atomic mass is 10.0. The van der Waals surface area contributed by atoms with Crippen LogP contribution in [0.1, 0.15) is 303 Å². The molecule has 0 amide bonds. The molecule has 0 aliphatic heterocycles. The lowest BCUT2D eigenvalue weighted by Gasteiger charge is -2.18. The van der Waals surface area contributed by atoms with Crippen LogP contribution in [0.3, 0.4) is 0 Å². The average molecular weight is 1070 g/mol. The van der Waals surface area contributed by atoms with Crippen molar-refractivity contribution in [1.29, 1.82) is 0 Å². The third kappa shape index (κ3) is 62.8. The molecular formula is C71H120O6. The summed E-state index contributed by atoms with van der Waals surface area (Å²) in [4.78, 5) is 38.2. The second kappa shape index (κ2) is 64.6. The van der Waals surface area contributed by atoms with Gasteiger partial charge in [-0.2, -0.15) is 0 Å². The van der Waals surface area contributed by atoms with Crippen molar-refractivity contribution < 1.29 is 28.6 Å². The molecule has 0 aromatic rings. The molecule has 0 spiro atoms. The first-order chi connectivity index (χ1) is 38.0. The first-order valence-corrected chi connectivity index (χ1v) is 32.4. The smallest absolute Gasteiger partial charge is 0.306 e. The van der Waals surface area contributed by atoms with Crippen molar-refractivity contribution in [2.24, 2.45) is 0 Å². The summed E-state index contributed by atoms with van der Waals surface area (Å²) in [5.41, 5.74) is 0. The molecule has 1 unspecified atom stereocenters. The Kier molecular flexibility index (Phi) is 61.3. The number of carbonyl (C=O) groups excluding carboxylic acids is 3. The zero-order chi connectivity index (χ0) is 55.7. The van der Waals surface area contributed by atoms with Crippen molar-refractivity contribution in [3.63, 3.8) is 0 Å². The van der Waals surface area contributed by atoms with Crippen LogP contribution < -0.4 is 0 Å². The molecule has 6 nitrogen and oxygen atoms in total. The van der Waals surface area contributed by atoms with Gasteiger partial charge < -0.3 is 14.2 Å². The molecule has 77 heavy (non-hydrogen) atoms. The van der Waals surface area contributed by atoms with Crippen LogP contribution in [0, 0.1) is 0 Å². The molecule has 0 aliphatic rings. The highest BCUT2D eigenvalue weighted by molar-refractivity contribution is 5.71. The van der Waals surface area contributed by atoms with Crippen molar-refractivity contribution in [3.8, 4) is 0 Å². The van der Waals surface area contributed by atoms with Crippen molar-refractivity contribution in [1.82, 2.24) is 0 Å². The van der Waals surface area contributed by atoms with Gasteiger partial charge in [0, 0.05) is 19.3 Å². The molecule has 1 atom stereocenters. The standard InChI is InChI=1S/C71H120O6/c1-4-7-10-13-16-19-21-23-25-27-29-31-33-34-35-36-38-39-41-43-45-47-49-52-55-58-61-64-70(73)76-67-68(66-75-69(72)63-60-57-54-51-18-15-12-9-6-3)77-71(74)65-62-59-56-53-50-48-46-44-42-40-37-32-30-28-26-24-22-20-17-14-11-8-5-2/h8,11,17,20-21,23-24,26-27,29-30,32,40,42,46,48,53,56,68H,4-7,9-10,12-16,18-19,22,25,28,31,33-39,41,43-45,47,49-52,54-55,57-67H2,1-3H3/b11-8-,20-17-,23-21-,26-24-,29-27-,32-30-,42-40-,48-46-,56-53-. The number of ether oxygens (including phenoxy) is 3. The van der Waals surface area contributed by atoms with Crippen molar-refractivity contribution in [2.45, 2.75) is 309 Å². The molecule has 0 saturated heterocycles. The maximum absolute atomic E-state index is 12.9. The van der Waals surface area contributed by atoms with Crippen LogP contribution in [0.25, 0.3) is 0 Å². The lowest BCUT2D eigenvalue weighted by Crippen LogP contribution is -2.30. The number of hydrogen-bond acceptors (Lipinski definition) is 6. The first-order valence-electron chi connectivity index (χ1n) is 32.4. The monoisotopic (exact) mass is 1070 g/mol. The number of hydrogen-bond donors (Lipinski definition) is 0. The van der Waals surface area contributed by atoms with Crippen LogP contribution >= 0.6 is 0 Å². The minimum atomic E-state index is -0.808. The Balaban J connectivity index is 4.28. The summed E-state index contributed by atoms with van der Waals surface area (Å²) in [6.07, 6.45) is 88.3. The lowest BCUT2D eigenvalue weighted by molar-refractivity contribution is -0.167. The molecule has 440 valence electrons. The molecule has 0 bridgehead atoms. The number of unbranched alkanes of at least 4 members (excludes halogenated alkanes) is 29. The van der Waals surface area contributed by atoms with Gasteiger partial charge in [0.25, 0.3) is 0 Å². The largest absolute Gasteiger partial charge is 0.462 e.